The minimum Gasteiger partial charge on any atom is -0.465 e. The Bertz CT molecular complexity index is 787. The first-order valence-electron chi connectivity index (χ1n) is 7.48. The third-order valence-electron chi connectivity index (χ3n) is 2.95. The van der Waals surface area contributed by atoms with Crippen molar-refractivity contribution in [3.05, 3.63) is 31.5 Å². The molecule has 1 aromatic heterocycles. The first-order chi connectivity index (χ1) is 11.7. The number of nitrogens with zero attached hydrogens (tertiary/aromatic N) is 3. The Kier molecular flexibility index (Phi) is 7.03. The molecule has 0 aromatic carbocycles. The molecule has 0 unspecified atom stereocenters. The molecule has 1 rings (SSSR count). The van der Waals surface area contributed by atoms with Gasteiger partial charge in [-0.05, 0) is 20.8 Å². The molecule has 138 valence electrons. The predicted molar refractivity (Wildman–Crippen MR) is 83.2 cm³/mol. The lowest BCUT2D eigenvalue weighted by Gasteiger charge is -2.12. The van der Waals surface area contributed by atoms with Gasteiger partial charge >= 0.3 is 29.0 Å². The van der Waals surface area contributed by atoms with Crippen LogP contribution in [0.2, 0.25) is 0 Å². The van der Waals surface area contributed by atoms with Gasteiger partial charge in [0.1, 0.15) is 18.9 Å². The summed E-state index contributed by atoms with van der Waals surface area (Å²) in [4.78, 5) is 71.4. The number of Topliss-reactive ketones (excluding diaryl/α,β-unsaturated/α-hetero) is 1. The van der Waals surface area contributed by atoms with Crippen molar-refractivity contribution in [2.45, 2.75) is 40.4 Å². The molecule has 0 bridgehead atoms. The van der Waals surface area contributed by atoms with E-state index >= 15 is 0 Å². The maximum absolute atomic E-state index is 12.3. The normalized spacial score (nSPS) is 10.4. The van der Waals surface area contributed by atoms with Gasteiger partial charge in [-0.1, -0.05) is 0 Å². The zero-order valence-electron chi connectivity index (χ0n) is 14.1. The van der Waals surface area contributed by atoms with Gasteiger partial charge < -0.3 is 9.47 Å². The monoisotopic (exact) mass is 357 g/mol. The second-order valence-electron chi connectivity index (χ2n) is 4.92. The highest BCUT2D eigenvalue weighted by atomic mass is 16.5. The molecule has 1 aromatic rings. The second kappa shape index (κ2) is 8.76. The number of carbonyl (C=O) groups is 3. The van der Waals surface area contributed by atoms with Crippen molar-refractivity contribution < 1.29 is 23.9 Å². The molecule has 0 amide bonds. The van der Waals surface area contributed by atoms with E-state index in [1.807, 2.05) is 0 Å². The number of hydrogen-bond donors (Lipinski definition) is 0. The fourth-order valence-corrected chi connectivity index (χ4v) is 1.98. The highest BCUT2D eigenvalue weighted by Gasteiger charge is 2.20. The van der Waals surface area contributed by atoms with E-state index in [0.29, 0.717) is 13.7 Å². The molecule has 11 nitrogen and oxygen atoms in total. The summed E-state index contributed by atoms with van der Waals surface area (Å²) >= 11 is 0. The lowest BCUT2D eigenvalue weighted by atomic mass is 10.4. The lowest BCUT2D eigenvalue weighted by Crippen LogP contribution is -2.56. The largest absolute Gasteiger partial charge is 0.465 e. The Morgan fingerprint density at radius 2 is 1.04 bits per heavy atom. The van der Waals surface area contributed by atoms with Crippen molar-refractivity contribution in [1.29, 1.82) is 0 Å². The first-order valence-corrected chi connectivity index (χ1v) is 7.48. The van der Waals surface area contributed by atoms with E-state index in [1.54, 1.807) is 0 Å². The van der Waals surface area contributed by atoms with E-state index in [1.165, 1.54) is 13.8 Å². The summed E-state index contributed by atoms with van der Waals surface area (Å²) in [5.41, 5.74) is -3.45. The quantitative estimate of drug-likeness (QED) is 0.482. The van der Waals surface area contributed by atoms with Crippen molar-refractivity contribution in [2.75, 3.05) is 13.2 Å². The van der Waals surface area contributed by atoms with Gasteiger partial charge in [0.15, 0.2) is 0 Å². The fourth-order valence-electron chi connectivity index (χ4n) is 1.98. The Labute approximate surface area is 141 Å². The Morgan fingerprint density at radius 1 is 0.720 bits per heavy atom. The molecule has 0 saturated carbocycles. The lowest BCUT2D eigenvalue weighted by molar-refractivity contribution is -0.144. The number of carbonyl (C=O) groups excluding carboxylic acids is 3. The summed E-state index contributed by atoms with van der Waals surface area (Å²) in [5.74, 6) is -2.28. The number of aromatic nitrogens is 3. The van der Waals surface area contributed by atoms with E-state index in [4.69, 9.17) is 0 Å². The van der Waals surface area contributed by atoms with Crippen molar-refractivity contribution >= 4 is 17.7 Å². The van der Waals surface area contributed by atoms with Gasteiger partial charge in [0.05, 0.1) is 19.8 Å². The molecule has 0 fully saturated rings. The average Bonchev–Trinajstić information content (AvgIpc) is 2.53. The highest BCUT2D eigenvalue weighted by molar-refractivity contribution is 5.75. The molecule has 0 N–H and O–H groups in total. The Morgan fingerprint density at radius 3 is 1.32 bits per heavy atom. The van der Waals surface area contributed by atoms with E-state index in [0.717, 1.165) is 6.92 Å². The van der Waals surface area contributed by atoms with Gasteiger partial charge in [0.2, 0.25) is 0 Å². The minimum absolute atomic E-state index is 0.0255. The van der Waals surface area contributed by atoms with E-state index in [9.17, 15) is 28.8 Å². The first kappa shape index (κ1) is 20.1. The van der Waals surface area contributed by atoms with Gasteiger partial charge in [0, 0.05) is 0 Å². The summed E-state index contributed by atoms with van der Waals surface area (Å²) in [5, 5.41) is 0. The zero-order chi connectivity index (χ0) is 19.1. The third kappa shape index (κ3) is 4.99. The molecule has 0 aliphatic carbocycles. The molecular formula is C14H19N3O8. The van der Waals surface area contributed by atoms with Crippen LogP contribution in [0.5, 0.6) is 0 Å². The maximum Gasteiger partial charge on any atom is 0.337 e. The van der Waals surface area contributed by atoms with Crippen LogP contribution < -0.4 is 17.1 Å². The van der Waals surface area contributed by atoms with Crippen molar-refractivity contribution in [3.63, 3.8) is 0 Å². The Hall–Kier alpha value is -2.98. The zero-order valence-corrected chi connectivity index (χ0v) is 14.1. The molecule has 0 saturated heterocycles. The van der Waals surface area contributed by atoms with Gasteiger partial charge in [-0.25, -0.2) is 28.1 Å². The smallest absolute Gasteiger partial charge is 0.337 e. The average molecular weight is 357 g/mol. The summed E-state index contributed by atoms with van der Waals surface area (Å²) in [6.45, 7) is 2.15. The van der Waals surface area contributed by atoms with Crippen LogP contribution in [-0.2, 0) is 43.5 Å². The number of rotatable bonds is 8. The van der Waals surface area contributed by atoms with E-state index < -0.39 is 54.4 Å². The van der Waals surface area contributed by atoms with Gasteiger partial charge in [0.25, 0.3) is 0 Å². The summed E-state index contributed by atoms with van der Waals surface area (Å²) in [6.07, 6.45) is 0. The van der Waals surface area contributed by atoms with Crippen LogP contribution in [0.15, 0.2) is 14.4 Å². The molecule has 0 aliphatic heterocycles. The highest BCUT2D eigenvalue weighted by Crippen LogP contribution is 1.85. The van der Waals surface area contributed by atoms with Crippen molar-refractivity contribution in [2.24, 2.45) is 0 Å². The van der Waals surface area contributed by atoms with Crippen LogP contribution in [-0.4, -0.2) is 44.6 Å². The number of hydrogen-bond acceptors (Lipinski definition) is 8. The standard InChI is InChI=1S/C14H19N3O8/c1-4-24-10(19)7-16-12(21)15(6-9(3)18)13(22)17(14(16)23)8-11(20)25-5-2/h4-8H2,1-3H3. The van der Waals surface area contributed by atoms with Gasteiger partial charge in [-0.15, -0.1) is 0 Å². The number of ether oxygens (including phenoxy) is 2. The van der Waals surface area contributed by atoms with Crippen LogP contribution in [0, 0.1) is 0 Å². The van der Waals surface area contributed by atoms with Gasteiger partial charge in [-0.2, -0.15) is 0 Å². The summed E-state index contributed by atoms with van der Waals surface area (Å²) in [7, 11) is 0. The Balaban J connectivity index is 3.55. The van der Waals surface area contributed by atoms with Crippen LogP contribution in [0.3, 0.4) is 0 Å². The van der Waals surface area contributed by atoms with Crippen LogP contribution >= 0.6 is 0 Å². The van der Waals surface area contributed by atoms with Crippen molar-refractivity contribution in [3.8, 4) is 0 Å². The summed E-state index contributed by atoms with van der Waals surface area (Å²) in [6, 6.07) is 0. The molecule has 1 heterocycles. The molecule has 11 heteroatoms. The number of ketones is 1. The molecule has 0 radical (unpaired) electrons. The molecule has 0 atom stereocenters. The topological polar surface area (TPSA) is 136 Å². The van der Waals surface area contributed by atoms with Crippen LogP contribution in [0.1, 0.15) is 20.8 Å². The van der Waals surface area contributed by atoms with Crippen molar-refractivity contribution in [1.82, 2.24) is 13.7 Å². The molecular weight excluding hydrogens is 338 g/mol. The second-order valence-corrected chi connectivity index (χ2v) is 4.92. The third-order valence-corrected chi connectivity index (χ3v) is 2.95. The van der Waals surface area contributed by atoms with E-state index in [-0.39, 0.29) is 13.2 Å². The van der Waals surface area contributed by atoms with Crippen LogP contribution in [0.25, 0.3) is 0 Å². The van der Waals surface area contributed by atoms with E-state index in [2.05, 4.69) is 9.47 Å². The van der Waals surface area contributed by atoms with Gasteiger partial charge in [-0.3, -0.25) is 14.4 Å². The summed E-state index contributed by atoms with van der Waals surface area (Å²) < 4.78 is 10.7. The number of esters is 2. The van der Waals surface area contributed by atoms with Crippen LogP contribution in [0.4, 0.5) is 0 Å². The molecule has 0 spiro atoms. The SMILES string of the molecule is CCOC(=O)Cn1c(=O)n(CC(C)=O)c(=O)n(CC(=O)OCC)c1=O. The fraction of sp³-hybridized carbons (Fsp3) is 0.571. The maximum atomic E-state index is 12.3. The molecule has 25 heavy (non-hydrogen) atoms. The minimum atomic E-state index is -1.17. The molecule has 0 aliphatic rings. The predicted octanol–water partition coefficient (Wildman–Crippen LogP) is -2.11.